The van der Waals surface area contributed by atoms with Crippen molar-refractivity contribution in [3.05, 3.63) is 29.3 Å². The van der Waals surface area contributed by atoms with Crippen molar-refractivity contribution in [2.45, 2.75) is 44.3 Å². The lowest BCUT2D eigenvalue weighted by molar-refractivity contribution is -0.188. The van der Waals surface area contributed by atoms with E-state index in [1.807, 2.05) is 12.1 Å². The second kappa shape index (κ2) is 5.87. The number of rotatable bonds is 3. The molecule has 2 aliphatic heterocycles. The van der Waals surface area contributed by atoms with Crippen molar-refractivity contribution in [2.24, 2.45) is 5.92 Å². The Balaban J connectivity index is 1.63. The second-order valence-electron chi connectivity index (χ2n) is 5.93. The minimum absolute atomic E-state index is 0.249. The average Bonchev–Trinajstić information content (AvgIpc) is 2.92. The summed E-state index contributed by atoms with van der Waals surface area (Å²) < 4.78 is 44.6. The van der Waals surface area contributed by atoms with Gasteiger partial charge in [0.1, 0.15) is 5.75 Å². The summed E-state index contributed by atoms with van der Waals surface area (Å²) in [5.41, 5.74) is 2.28. The van der Waals surface area contributed by atoms with Crippen LogP contribution in [0.4, 0.5) is 13.2 Å². The molecule has 1 aromatic carbocycles. The summed E-state index contributed by atoms with van der Waals surface area (Å²) in [5, 5.41) is 3.05. The Morgan fingerprint density at radius 1 is 1.29 bits per heavy atom. The van der Waals surface area contributed by atoms with Crippen molar-refractivity contribution in [3.63, 3.8) is 0 Å². The Kier molecular flexibility index (Phi) is 4.11. The summed E-state index contributed by atoms with van der Waals surface area (Å²) in [4.78, 5) is 0. The zero-order valence-electron chi connectivity index (χ0n) is 11.9. The lowest BCUT2D eigenvalue weighted by Gasteiger charge is -2.34. The van der Waals surface area contributed by atoms with Gasteiger partial charge in [-0.05, 0) is 49.4 Å². The van der Waals surface area contributed by atoms with Gasteiger partial charge < -0.3 is 10.1 Å². The highest BCUT2D eigenvalue weighted by molar-refractivity contribution is 5.39. The molecule has 5 heteroatoms. The van der Waals surface area contributed by atoms with Crippen molar-refractivity contribution in [1.82, 2.24) is 5.32 Å². The number of hydrogen-bond acceptors (Lipinski definition) is 2. The Hall–Kier alpha value is -1.23. The summed E-state index contributed by atoms with van der Waals surface area (Å²) >= 11 is 0. The van der Waals surface area contributed by atoms with E-state index < -0.39 is 18.1 Å². The molecular weight excluding hydrogens is 279 g/mol. The molecule has 2 unspecified atom stereocenters. The van der Waals surface area contributed by atoms with Crippen LogP contribution in [0.25, 0.3) is 0 Å². The monoisotopic (exact) mass is 299 g/mol. The molecule has 0 aromatic heterocycles. The van der Waals surface area contributed by atoms with Crippen molar-refractivity contribution in [1.29, 1.82) is 0 Å². The highest BCUT2D eigenvalue weighted by Gasteiger charge is 2.45. The third-order valence-electron chi connectivity index (χ3n) is 4.50. The van der Waals surface area contributed by atoms with E-state index in [1.54, 1.807) is 0 Å². The third kappa shape index (κ3) is 3.34. The van der Waals surface area contributed by atoms with Gasteiger partial charge in [0, 0.05) is 12.5 Å². The molecule has 0 saturated carbocycles. The fraction of sp³-hybridized carbons (Fsp3) is 0.625. The topological polar surface area (TPSA) is 21.3 Å². The molecule has 1 aromatic rings. The van der Waals surface area contributed by atoms with E-state index in [-0.39, 0.29) is 6.42 Å². The van der Waals surface area contributed by atoms with Gasteiger partial charge in [-0.15, -0.1) is 0 Å². The van der Waals surface area contributed by atoms with Gasteiger partial charge in [-0.2, -0.15) is 13.2 Å². The first-order valence-electron chi connectivity index (χ1n) is 7.59. The summed E-state index contributed by atoms with van der Waals surface area (Å²) in [5.74, 6) is -0.285. The Bertz CT molecular complexity index is 501. The zero-order chi connectivity index (χ0) is 14.9. The maximum absolute atomic E-state index is 13.0. The average molecular weight is 299 g/mol. The number of nitrogens with one attached hydrogen (secondary N) is 1. The van der Waals surface area contributed by atoms with Crippen LogP contribution in [0, 0.1) is 5.92 Å². The number of piperidine rings is 1. The molecule has 0 amide bonds. The first-order valence-corrected chi connectivity index (χ1v) is 7.59. The summed E-state index contributed by atoms with van der Waals surface area (Å²) in [6.45, 7) is 1.40. The van der Waals surface area contributed by atoms with Crippen LogP contribution in [-0.4, -0.2) is 25.4 Å². The van der Waals surface area contributed by atoms with E-state index in [0.29, 0.717) is 32.4 Å². The van der Waals surface area contributed by atoms with Gasteiger partial charge in [0.2, 0.25) is 0 Å². The van der Waals surface area contributed by atoms with Gasteiger partial charge in [-0.1, -0.05) is 12.1 Å². The fourth-order valence-corrected chi connectivity index (χ4v) is 3.37. The minimum Gasteiger partial charge on any atom is -0.493 e. The first-order chi connectivity index (χ1) is 10.0. The number of benzene rings is 1. The number of halogens is 3. The van der Waals surface area contributed by atoms with Gasteiger partial charge in [0.25, 0.3) is 0 Å². The van der Waals surface area contributed by atoms with Crippen LogP contribution in [0.15, 0.2) is 18.2 Å². The van der Waals surface area contributed by atoms with Crippen LogP contribution < -0.4 is 10.1 Å². The van der Waals surface area contributed by atoms with E-state index in [0.717, 1.165) is 17.7 Å². The molecule has 2 atom stereocenters. The van der Waals surface area contributed by atoms with Gasteiger partial charge in [-0.25, -0.2) is 0 Å². The number of ether oxygens (including phenoxy) is 1. The molecule has 3 rings (SSSR count). The molecule has 21 heavy (non-hydrogen) atoms. The fourth-order valence-electron chi connectivity index (χ4n) is 3.37. The molecule has 0 aliphatic carbocycles. The molecule has 1 N–H and O–H groups in total. The molecular formula is C16H20F3NO. The van der Waals surface area contributed by atoms with Crippen molar-refractivity contribution < 1.29 is 17.9 Å². The number of fused-ring (bicyclic) bond motifs is 1. The van der Waals surface area contributed by atoms with Crippen LogP contribution >= 0.6 is 0 Å². The van der Waals surface area contributed by atoms with Crippen molar-refractivity contribution >= 4 is 0 Å². The summed E-state index contributed by atoms with van der Waals surface area (Å²) in [6.07, 6.45) is -1.13. The van der Waals surface area contributed by atoms with Gasteiger partial charge in [0.15, 0.2) is 0 Å². The third-order valence-corrected chi connectivity index (χ3v) is 4.50. The van der Waals surface area contributed by atoms with Crippen LogP contribution in [-0.2, 0) is 12.8 Å². The van der Waals surface area contributed by atoms with Crippen LogP contribution in [0.3, 0.4) is 0 Å². The minimum atomic E-state index is -4.09. The molecule has 2 heterocycles. The maximum atomic E-state index is 13.0. The number of aryl methyl sites for hydroxylation is 1. The molecule has 0 radical (unpaired) electrons. The zero-order valence-corrected chi connectivity index (χ0v) is 11.9. The quantitative estimate of drug-likeness (QED) is 0.922. The standard InChI is InChI=1S/C16H20F3NO/c17-16(18,19)13-2-1-8-20-14(13)5-3-11-4-6-15-12(10-11)7-9-21-15/h4,6,10,13-14,20H,1-3,5,7-9H2. The Morgan fingerprint density at radius 2 is 2.14 bits per heavy atom. The Morgan fingerprint density at radius 3 is 2.95 bits per heavy atom. The lowest BCUT2D eigenvalue weighted by Crippen LogP contribution is -2.47. The molecule has 1 saturated heterocycles. The lowest BCUT2D eigenvalue weighted by atomic mass is 9.86. The number of alkyl halides is 3. The first kappa shape index (κ1) is 14.7. The smallest absolute Gasteiger partial charge is 0.393 e. The van der Waals surface area contributed by atoms with E-state index in [9.17, 15) is 13.2 Å². The normalized spacial score (nSPS) is 25.5. The van der Waals surface area contributed by atoms with Crippen LogP contribution in [0.5, 0.6) is 5.75 Å². The highest BCUT2D eigenvalue weighted by atomic mass is 19.4. The molecule has 1 fully saturated rings. The van der Waals surface area contributed by atoms with Gasteiger partial charge >= 0.3 is 6.18 Å². The van der Waals surface area contributed by atoms with Gasteiger partial charge in [-0.3, -0.25) is 0 Å². The van der Waals surface area contributed by atoms with E-state index in [2.05, 4.69) is 11.4 Å². The van der Waals surface area contributed by atoms with Crippen LogP contribution in [0.2, 0.25) is 0 Å². The van der Waals surface area contributed by atoms with Gasteiger partial charge in [0.05, 0.1) is 12.5 Å². The van der Waals surface area contributed by atoms with E-state index >= 15 is 0 Å². The second-order valence-corrected chi connectivity index (χ2v) is 5.93. The number of hydrogen-bond donors (Lipinski definition) is 1. The maximum Gasteiger partial charge on any atom is 0.393 e. The molecule has 0 spiro atoms. The van der Waals surface area contributed by atoms with E-state index in [4.69, 9.17) is 4.74 Å². The molecule has 2 aliphatic rings. The Labute approximate surface area is 122 Å². The highest BCUT2D eigenvalue weighted by Crippen LogP contribution is 2.36. The van der Waals surface area contributed by atoms with E-state index in [1.165, 1.54) is 5.56 Å². The largest absolute Gasteiger partial charge is 0.493 e. The molecule has 0 bridgehead atoms. The summed E-state index contributed by atoms with van der Waals surface area (Å²) in [6, 6.07) is 5.53. The van der Waals surface area contributed by atoms with Crippen molar-refractivity contribution in [2.75, 3.05) is 13.2 Å². The predicted octanol–water partition coefficient (Wildman–Crippen LogP) is 3.48. The SMILES string of the molecule is FC(F)(F)C1CCCNC1CCc1ccc2c(c1)CCO2. The molecule has 2 nitrogen and oxygen atoms in total. The van der Waals surface area contributed by atoms with Crippen LogP contribution in [0.1, 0.15) is 30.4 Å². The van der Waals surface area contributed by atoms with Crippen molar-refractivity contribution in [3.8, 4) is 5.75 Å². The predicted molar refractivity (Wildman–Crippen MR) is 74.5 cm³/mol. The summed E-state index contributed by atoms with van der Waals surface area (Å²) in [7, 11) is 0. The molecule has 116 valence electrons.